The maximum absolute atomic E-state index is 13.3. The quantitative estimate of drug-likeness (QED) is 0.440. The highest BCUT2D eigenvalue weighted by atomic mass is 32.1. The number of benzene rings is 2. The van der Waals surface area contributed by atoms with Crippen molar-refractivity contribution in [1.29, 1.82) is 0 Å². The van der Waals surface area contributed by atoms with Gasteiger partial charge in [0.2, 0.25) is 5.91 Å². The molecule has 0 spiro atoms. The molecular weight excluding hydrogens is 422 g/mol. The van der Waals surface area contributed by atoms with E-state index < -0.39 is 5.69 Å². The molecule has 0 fully saturated rings. The van der Waals surface area contributed by atoms with Gasteiger partial charge in [-0.05, 0) is 67.0 Å². The molecule has 164 valence electrons. The third-order valence-corrected chi connectivity index (χ3v) is 6.50. The van der Waals surface area contributed by atoms with Crippen molar-refractivity contribution in [2.24, 2.45) is 0 Å². The lowest BCUT2D eigenvalue weighted by molar-refractivity contribution is -0.121. The smallest absolute Gasteiger partial charge is 0.336 e. The summed E-state index contributed by atoms with van der Waals surface area (Å²) in [5, 5.41) is 4.66. The minimum Gasteiger partial charge on any atom is -0.355 e. The van der Waals surface area contributed by atoms with Gasteiger partial charge in [-0.2, -0.15) is 0 Å². The number of aryl methyl sites for hydroxylation is 3. The summed E-state index contributed by atoms with van der Waals surface area (Å²) in [4.78, 5) is 39.0. The molecule has 0 radical (unpaired) electrons. The number of nitrogens with zero attached hydrogens (tertiary/aromatic N) is 2. The first-order chi connectivity index (χ1) is 15.5. The lowest BCUT2D eigenvalue weighted by atomic mass is 10.1. The van der Waals surface area contributed by atoms with Crippen molar-refractivity contribution in [3.63, 3.8) is 0 Å². The van der Waals surface area contributed by atoms with Gasteiger partial charge in [-0.3, -0.25) is 14.2 Å². The molecule has 32 heavy (non-hydrogen) atoms. The van der Waals surface area contributed by atoms with Crippen LogP contribution in [0.25, 0.3) is 15.9 Å². The maximum Gasteiger partial charge on any atom is 0.336 e. The fourth-order valence-corrected chi connectivity index (χ4v) is 4.52. The van der Waals surface area contributed by atoms with Crippen molar-refractivity contribution >= 4 is 27.5 Å². The number of rotatable bonds is 7. The van der Waals surface area contributed by atoms with Gasteiger partial charge in [0.15, 0.2) is 0 Å². The van der Waals surface area contributed by atoms with Gasteiger partial charge in [0.25, 0.3) is 5.56 Å². The standard InChI is InChI=1S/C25H25N3O3S/c1-17-10-11-20(15-18(17)2)28-24(30)23-21(12-14-32-23)27(25(28)31)16-22(29)26-13-6-9-19-7-4-3-5-8-19/h3-5,7-8,10-12,14-15H,6,9,13,16H2,1-2H3,(H,26,29). The summed E-state index contributed by atoms with van der Waals surface area (Å²) in [6.07, 6.45) is 1.67. The van der Waals surface area contributed by atoms with Crippen molar-refractivity contribution in [3.05, 3.63) is 97.5 Å². The molecule has 0 aliphatic rings. The molecule has 2 aromatic carbocycles. The first-order valence-corrected chi connectivity index (χ1v) is 11.4. The van der Waals surface area contributed by atoms with E-state index in [9.17, 15) is 14.4 Å². The lowest BCUT2D eigenvalue weighted by Crippen LogP contribution is -2.41. The Kier molecular flexibility index (Phi) is 6.37. The second-order valence-electron chi connectivity index (χ2n) is 7.85. The SMILES string of the molecule is Cc1ccc(-n2c(=O)c3sccc3n(CC(=O)NCCCc3ccccc3)c2=O)cc1C. The van der Waals surface area contributed by atoms with Crippen LogP contribution in [0.2, 0.25) is 0 Å². The Labute approximate surface area is 189 Å². The molecule has 1 N–H and O–H groups in total. The van der Waals surface area contributed by atoms with E-state index in [2.05, 4.69) is 17.4 Å². The molecule has 2 aromatic heterocycles. The largest absolute Gasteiger partial charge is 0.355 e. The third kappa shape index (κ3) is 4.43. The molecule has 4 aromatic rings. The number of carbonyl (C=O) groups excluding carboxylic acids is 1. The molecule has 0 unspecified atom stereocenters. The van der Waals surface area contributed by atoms with Gasteiger partial charge in [-0.25, -0.2) is 9.36 Å². The fourth-order valence-electron chi connectivity index (χ4n) is 3.70. The lowest BCUT2D eigenvalue weighted by Gasteiger charge is -2.13. The number of fused-ring (bicyclic) bond motifs is 1. The van der Waals surface area contributed by atoms with Crippen LogP contribution in [0, 0.1) is 13.8 Å². The Balaban J connectivity index is 1.57. The number of aromatic nitrogens is 2. The predicted octanol–water partition coefficient (Wildman–Crippen LogP) is 3.58. The van der Waals surface area contributed by atoms with E-state index in [1.54, 1.807) is 17.5 Å². The molecule has 0 aliphatic carbocycles. The normalized spacial score (nSPS) is 11.1. The summed E-state index contributed by atoms with van der Waals surface area (Å²) in [5.41, 5.74) is 3.42. The Morgan fingerprint density at radius 3 is 2.53 bits per heavy atom. The zero-order valence-electron chi connectivity index (χ0n) is 18.1. The van der Waals surface area contributed by atoms with Crippen LogP contribution in [-0.4, -0.2) is 21.6 Å². The highest BCUT2D eigenvalue weighted by Crippen LogP contribution is 2.17. The average Bonchev–Trinajstić information content (AvgIpc) is 3.28. The first kappa shape index (κ1) is 21.8. The molecular formula is C25H25N3O3S. The van der Waals surface area contributed by atoms with Crippen LogP contribution in [0.4, 0.5) is 0 Å². The van der Waals surface area contributed by atoms with Crippen LogP contribution in [-0.2, 0) is 17.8 Å². The second-order valence-corrected chi connectivity index (χ2v) is 8.77. The van der Waals surface area contributed by atoms with E-state index >= 15 is 0 Å². The number of thiophene rings is 1. The second kappa shape index (κ2) is 9.36. The molecule has 7 heteroatoms. The van der Waals surface area contributed by atoms with Gasteiger partial charge in [0.1, 0.15) is 11.2 Å². The zero-order valence-corrected chi connectivity index (χ0v) is 18.9. The number of hydrogen-bond donors (Lipinski definition) is 1. The fraction of sp³-hybridized carbons (Fsp3) is 0.240. The topological polar surface area (TPSA) is 73.1 Å². The first-order valence-electron chi connectivity index (χ1n) is 10.6. The number of nitrogens with one attached hydrogen (secondary N) is 1. The van der Waals surface area contributed by atoms with E-state index in [1.165, 1.54) is 21.5 Å². The number of carbonyl (C=O) groups is 1. The summed E-state index contributed by atoms with van der Waals surface area (Å²) in [6, 6.07) is 17.3. The van der Waals surface area contributed by atoms with Crippen molar-refractivity contribution in [2.75, 3.05) is 6.54 Å². The molecule has 2 heterocycles. The van der Waals surface area contributed by atoms with Crippen molar-refractivity contribution in [2.45, 2.75) is 33.2 Å². The van der Waals surface area contributed by atoms with Gasteiger partial charge in [-0.1, -0.05) is 36.4 Å². The summed E-state index contributed by atoms with van der Waals surface area (Å²) in [7, 11) is 0. The Morgan fingerprint density at radius 1 is 1.00 bits per heavy atom. The van der Waals surface area contributed by atoms with Gasteiger partial charge in [0, 0.05) is 6.54 Å². The molecule has 0 atom stereocenters. The monoisotopic (exact) mass is 447 g/mol. The number of amides is 1. The molecule has 0 bridgehead atoms. The molecule has 6 nitrogen and oxygen atoms in total. The van der Waals surface area contributed by atoms with Crippen LogP contribution in [0.3, 0.4) is 0 Å². The number of hydrogen-bond acceptors (Lipinski definition) is 4. The van der Waals surface area contributed by atoms with E-state index in [1.807, 2.05) is 44.2 Å². The summed E-state index contributed by atoms with van der Waals surface area (Å²) >= 11 is 1.27. The van der Waals surface area contributed by atoms with E-state index in [0.29, 0.717) is 22.4 Å². The maximum atomic E-state index is 13.3. The highest BCUT2D eigenvalue weighted by Gasteiger charge is 2.17. The van der Waals surface area contributed by atoms with Crippen LogP contribution in [0.5, 0.6) is 0 Å². The van der Waals surface area contributed by atoms with Crippen LogP contribution >= 0.6 is 11.3 Å². The Hall–Kier alpha value is -3.45. The van der Waals surface area contributed by atoms with Crippen LogP contribution in [0.15, 0.2) is 69.6 Å². The average molecular weight is 448 g/mol. The van der Waals surface area contributed by atoms with Crippen LogP contribution in [0.1, 0.15) is 23.1 Å². The third-order valence-electron chi connectivity index (χ3n) is 5.61. The van der Waals surface area contributed by atoms with Gasteiger partial charge >= 0.3 is 5.69 Å². The Bertz CT molecular complexity index is 1380. The van der Waals surface area contributed by atoms with Crippen molar-refractivity contribution in [1.82, 2.24) is 14.5 Å². The zero-order chi connectivity index (χ0) is 22.7. The minimum absolute atomic E-state index is 0.136. The van der Waals surface area contributed by atoms with Gasteiger partial charge < -0.3 is 5.32 Å². The van der Waals surface area contributed by atoms with E-state index in [4.69, 9.17) is 0 Å². The molecule has 0 aliphatic heterocycles. The summed E-state index contributed by atoms with van der Waals surface area (Å²) in [6.45, 7) is 4.30. The molecule has 0 saturated carbocycles. The summed E-state index contributed by atoms with van der Waals surface area (Å²) < 4.78 is 3.00. The van der Waals surface area contributed by atoms with Gasteiger partial charge in [-0.15, -0.1) is 11.3 Å². The van der Waals surface area contributed by atoms with E-state index in [-0.39, 0.29) is 18.0 Å². The minimum atomic E-state index is -0.511. The van der Waals surface area contributed by atoms with Crippen LogP contribution < -0.4 is 16.6 Å². The Morgan fingerprint density at radius 2 is 1.78 bits per heavy atom. The van der Waals surface area contributed by atoms with E-state index in [0.717, 1.165) is 28.5 Å². The molecule has 0 saturated heterocycles. The predicted molar refractivity (Wildman–Crippen MR) is 129 cm³/mol. The molecule has 4 rings (SSSR count). The molecule has 1 amide bonds. The van der Waals surface area contributed by atoms with Crippen molar-refractivity contribution in [3.8, 4) is 5.69 Å². The van der Waals surface area contributed by atoms with Gasteiger partial charge in [0.05, 0.1) is 11.2 Å². The highest BCUT2D eigenvalue weighted by molar-refractivity contribution is 7.17. The summed E-state index contributed by atoms with van der Waals surface area (Å²) in [5.74, 6) is -0.252. The van der Waals surface area contributed by atoms with Crippen molar-refractivity contribution < 1.29 is 4.79 Å².